The van der Waals surface area contributed by atoms with Gasteiger partial charge in [0.25, 0.3) is 15.0 Å². The van der Waals surface area contributed by atoms with Gasteiger partial charge in [-0.2, -0.15) is 0 Å². The molecule has 1 heterocycles. The van der Waals surface area contributed by atoms with Crippen molar-refractivity contribution >= 4 is 31.3 Å². The summed E-state index contributed by atoms with van der Waals surface area (Å²) in [5, 5.41) is 6.12. The molecule has 0 aliphatic heterocycles. The minimum Gasteiger partial charge on any atom is -0.495 e. The Balaban J connectivity index is 2.28. The van der Waals surface area contributed by atoms with Crippen LogP contribution in [0.2, 0.25) is 0 Å². The predicted octanol–water partition coefficient (Wildman–Crippen LogP) is 2.17. The number of benzene rings is 1. The lowest BCUT2D eigenvalue weighted by atomic mass is 10.3. The number of halogens is 1. The van der Waals surface area contributed by atoms with E-state index < -0.39 is 15.0 Å². The molecule has 2 aromatic rings. The average molecular weight is 331 g/mol. The molecule has 1 aromatic carbocycles. The van der Waals surface area contributed by atoms with Crippen molar-refractivity contribution in [2.24, 2.45) is 0 Å². The fourth-order valence-electron chi connectivity index (χ4n) is 1.62. The van der Waals surface area contributed by atoms with Crippen LogP contribution in [0.25, 0.3) is 0 Å². The molecule has 0 bridgehead atoms. The Kier molecular flexibility index (Phi) is 4.19. The van der Waals surface area contributed by atoms with Gasteiger partial charge in [-0.15, -0.1) is 0 Å². The van der Waals surface area contributed by atoms with Crippen molar-refractivity contribution in [2.45, 2.75) is 11.8 Å². The lowest BCUT2D eigenvalue weighted by Crippen LogP contribution is -2.12. The van der Waals surface area contributed by atoms with Crippen molar-refractivity contribution in [1.82, 2.24) is 5.16 Å². The summed E-state index contributed by atoms with van der Waals surface area (Å²) in [7, 11) is 2.65. The topological polar surface area (TPSA) is 98.5 Å². The van der Waals surface area contributed by atoms with Gasteiger partial charge >= 0.3 is 0 Å². The summed E-state index contributed by atoms with van der Waals surface area (Å²) in [6.07, 6.45) is 0. The molecule has 0 saturated carbocycles. The number of aromatic nitrogens is 1. The minimum absolute atomic E-state index is 0.0270. The number of carbonyl (C=O) groups is 1. The number of hydrogen-bond acceptors (Lipinski definition) is 6. The Labute approximate surface area is 125 Å². The van der Waals surface area contributed by atoms with Crippen LogP contribution in [-0.2, 0) is 9.05 Å². The third-order valence-electron chi connectivity index (χ3n) is 2.54. The van der Waals surface area contributed by atoms with Gasteiger partial charge in [-0.1, -0.05) is 5.16 Å². The zero-order valence-electron chi connectivity index (χ0n) is 11.1. The van der Waals surface area contributed by atoms with Crippen molar-refractivity contribution in [1.29, 1.82) is 0 Å². The highest BCUT2D eigenvalue weighted by Gasteiger charge is 2.18. The average Bonchev–Trinajstić information content (AvgIpc) is 2.84. The Morgan fingerprint density at radius 1 is 1.38 bits per heavy atom. The fraction of sp³-hybridized carbons (Fsp3) is 0.167. The normalized spacial score (nSPS) is 11.2. The van der Waals surface area contributed by atoms with E-state index in [-0.39, 0.29) is 16.3 Å². The quantitative estimate of drug-likeness (QED) is 0.863. The number of rotatable bonds is 4. The van der Waals surface area contributed by atoms with E-state index in [4.69, 9.17) is 19.9 Å². The van der Waals surface area contributed by atoms with Crippen molar-refractivity contribution in [3.05, 3.63) is 35.7 Å². The number of methoxy groups -OCH3 is 1. The molecule has 112 valence electrons. The standard InChI is InChI=1S/C12H11ClN2O5S/c1-7-5-9(15-20-7)12(16)14-8-3-4-11(21(13,17)18)10(6-8)19-2/h3-6H,1-2H3,(H,14,16). The molecule has 0 atom stereocenters. The molecule has 1 N–H and O–H groups in total. The van der Waals surface area contributed by atoms with Gasteiger partial charge in [0.15, 0.2) is 5.69 Å². The molecule has 7 nitrogen and oxygen atoms in total. The van der Waals surface area contributed by atoms with Gasteiger partial charge in [0.05, 0.1) is 7.11 Å². The molecule has 9 heteroatoms. The van der Waals surface area contributed by atoms with Crippen LogP contribution in [0.4, 0.5) is 5.69 Å². The SMILES string of the molecule is COc1cc(NC(=O)c2cc(C)on2)ccc1S(=O)(=O)Cl. The Bertz CT molecular complexity index is 785. The first kappa shape index (κ1) is 15.3. The van der Waals surface area contributed by atoms with Crippen LogP contribution in [0, 0.1) is 6.92 Å². The molecule has 21 heavy (non-hydrogen) atoms. The highest BCUT2D eigenvalue weighted by atomic mass is 35.7. The zero-order valence-corrected chi connectivity index (χ0v) is 12.7. The molecule has 0 fully saturated rings. The number of anilines is 1. The van der Waals surface area contributed by atoms with Gasteiger partial charge in [-0.3, -0.25) is 4.79 Å². The van der Waals surface area contributed by atoms with Crippen molar-refractivity contribution < 1.29 is 22.5 Å². The zero-order chi connectivity index (χ0) is 15.6. The number of ether oxygens (including phenoxy) is 1. The van der Waals surface area contributed by atoms with Crippen molar-refractivity contribution in [2.75, 3.05) is 12.4 Å². The van der Waals surface area contributed by atoms with Gasteiger partial charge in [0, 0.05) is 28.5 Å². The Morgan fingerprint density at radius 3 is 2.62 bits per heavy atom. The second kappa shape index (κ2) is 5.74. The van der Waals surface area contributed by atoms with E-state index in [1.165, 1.54) is 31.4 Å². The molecule has 0 saturated heterocycles. The minimum atomic E-state index is -3.93. The van der Waals surface area contributed by atoms with Crippen molar-refractivity contribution in [3.63, 3.8) is 0 Å². The number of nitrogens with one attached hydrogen (secondary N) is 1. The van der Waals surface area contributed by atoms with Crippen LogP contribution in [0.3, 0.4) is 0 Å². The third kappa shape index (κ3) is 3.53. The van der Waals surface area contributed by atoms with Gasteiger partial charge in [-0.05, 0) is 19.1 Å². The maximum absolute atomic E-state index is 11.9. The summed E-state index contributed by atoms with van der Waals surface area (Å²) in [4.78, 5) is 11.7. The highest BCUT2D eigenvalue weighted by Crippen LogP contribution is 2.29. The van der Waals surface area contributed by atoms with Gasteiger partial charge in [0.1, 0.15) is 16.4 Å². The lowest BCUT2D eigenvalue weighted by molar-refractivity contribution is 0.101. The number of hydrogen-bond donors (Lipinski definition) is 1. The van der Waals surface area contributed by atoms with E-state index in [1.54, 1.807) is 6.92 Å². The van der Waals surface area contributed by atoms with E-state index >= 15 is 0 Å². The fourth-order valence-corrected chi connectivity index (χ4v) is 2.61. The number of amides is 1. The largest absolute Gasteiger partial charge is 0.495 e. The number of carbonyl (C=O) groups excluding carboxylic acids is 1. The summed E-state index contributed by atoms with van der Waals surface area (Å²) in [6, 6.07) is 5.46. The summed E-state index contributed by atoms with van der Waals surface area (Å²) >= 11 is 0. The predicted molar refractivity (Wildman–Crippen MR) is 75.2 cm³/mol. The van der Waals surface area contributed by atoms with E-state index in [0.717, 1.165) is 0 Å². The van der Waals surface area contributed by atoms with Gasteiger partial charge < -0.3 is 14.6 Å². The lowest BCUT2D eigenvalue weighted by Gasteiger charge is -2.09. The summed E-state index contributed by atoms with van der Waals surface area (Å²) in [6.45, 7) is 1.66. The maximum atomic E-state index is 11.9. The molecule has 0 aliphatic rings. The van der Waals surface area contributed by atoms with Crippen LogP contribution in [-0.4, -0.2) is 26.6 Å². The van der Waals surface area contributed by atoms with Crippen LogP contribution in [0.5, 0.6) is 5.75 Å². The van der Waals surface area contributed by atoms with E-state index in [2.05, 4.69) is 10.5 Å². The smallest absolute Gasteiger partial charge is 0.277 e. The molecule has 1 aromatic heterocycles. The van der Waals surface area contributed by atoms with Crippen LogP contribution < -0.4 is 10.1 Å². The van der Waals surface area contributed by atoms with Crippen LogP contribution in [0.15, 0.2) is 33.7 Å². The van der Waals surface area contributed by atoms with E-state index in [9.17, 15) is 13.2 Å². The summed E-state index contributed by atoms with van der Waals surface area (Å²) < 4.78 is 32.4. The van der Waals surface area contributed by atoms with E-state index in [0.29, 0.717) is 11.4 Å². The number of aryl methyl sites for hydroxylation is 1. The molecular formula is C12H11ClN2O5S. The van der Waals surface area contributed by atoms with E-state index in [1.807, 2.05) is 0 Å². The second-order valence-corrected chi connectivity index (χ2v) is 6.61. The van der Waals surface area contributed by atoms with Crippen molar-refractivity contribution in [3.8, 4) is 5.75 Å². The second-order valence-electron chi connectivity index (χ2n) is 4.08. The highest BCUT2D eigenvalue weighted by molar-refractivity contribution is 8.13. The van der Waals surface area contributed by atoms with Gasteiger partial charge in [0.2, 0.25) is 0 Å². The van der Waals surface area contributed by atoms with Crippen LogP contribution >= 0.6 is 10.7 Å². The molecular weight excluding hydrogens is 320 g/mol. The Morgan fingerprint density at radius 2 is 2.10 bits per heavy atom. The van der Waals surface area contributed by atoms with Crippen LogP contribution in [0.1, 0.15) is 16.2 Å². The Hall–Kier alpha value is -2.06. The molecule has 0 unspecified atom stereocenters. The molecule has 1 amide bonds. The first-order valence-electron chi connectivity index (χ1n) is 5.68. The summed E-state index contributed by atoms with van der Waals surface area (Å²) in [5.41, 5.74) is 0.446. The monoisotopic (exact) mass is 330 g/mol. The number of nitrogens with zero attached hydrogens (tertiary/aromatic N) is 1. The first-order valence-corrected chi connectivity index (χ1v) is 7.99. The third-order valence-corrected chi connectivity index (χ3v) is 3.91. The molecule has 0 aliphatic carbocycles. The molecule has 0 spiro atoms. The first-order chi connectivity index (χ1) is 9.81. The molecule has 2 rings (SSSR count). The summed E-state index contributed by atoms with van der Waals surface area (Å²) in [5.74, 6) is 0.0378. The van der Waals surface area contributed by atoms with Gasteiger partial charge in [-0.25, -0.2) is 8.42 Å². The maximum Gasteiger partial charge on any atom is 0.277 e. The molecule has 0 radical (unpaired) electrons.